The molecule has 1 saturated heterocycles. The minimum atomic E-state index is 0.606. The zero-order chi connectivity index (χ0) is 12.3. The van der Waals surface area contributed by atoms with E-state index in [0.717, 1.165) is 12.1 Å². The maximum absolute atomic E-state index is 3.84. The van der Waals surface area contributed by atoms with Crippen LogP contribution in [0.2, 0.25) is 0 Å². The summed E-state index contributed by atoms with van der Waals surface area (Å²) in [5.74, 6) is 0. The van der Waals surface area contributed by atoms with Crippen LogP contribution < -0.4 is 5.32 Å². The Morgan fingerprint density at radius 1 is 1.18 bits per heavy atom. The summed E-state index contributed by atoms with van der Waals surface area (Å²) < 4.78 is 0. The Morgan fingerprint density at radius 3 is 2.29 bits per heavy atom. The van der Waals surface area contributed by atoms with Crippen LogP contribution in [0, 0.1) is 5.41 Å². The van der Waals surface area contributed by atoms with E-state index in [4.69, 9.17) is 0 Å². The van der Waals surface area contributed by atoms with Gasteiger partial charge in [0.1, 0.15) is 0 Å². The first-order chi connectivity index (χ1) is 8.09. The Morgan fingerprint density at radius 2 is 1.76 bits per heavy atom. The summed E-state index contributed by atoms with van der Waals surface area (Å²) in [6.45, 7) is 10.9. The molecule has 1 aliphatic carbocycles. The van der Waals surface area contributed by atoms with Gasteiger partial charge < -0.3 is 10.2 Å². The molecule has 0 unspecified atom stereocenters. The van der Waals surface area contributed by atoms with E-state index in [1.165, 1.54) is 58.2 Å². The summed E-state index contributed by atoms with van der Waals surface area (Å²) in [6, 6.07) is 1.51. The van der Waals surface area contributed by atoms with E-state index in [-0.39, 0.29) is 0 Å². The minimum Gasteiger partial charge on any atom is -0.313 e. The Balaban J connectivity index is 1.68. The first kappa shape index (κ1) is 13.4. The number of piperidine rings is 1. The van der Waals surface area contributed by atoms with Gasteiger partial charge in [0, 0.05) is 18.6 Å². The van der Waals surface area contributed by atoms with Crippen LogP contribution in [0.1, 0.15) is 59.3 Å². The molecule has 0 amide bonds. The van der Waals surface area contributed by atoms with Crippen molar-refractivity contribution in [3.63, 3.8) is 0 Å². The zero-order valence-corrected chi connectivity index (χ0v) is 12.0. The summed E-state index contributed by atoms with van der Waals surface area (Å²) in [4.78, 5) is 2.61. The molecule has 2 heteroatoms. The van der Waals surface area contributed by atoms with Crippen molar-refractivity contribution in [3.8, 4) is 0 Å². The average Bonchev–Trinajstić information content (AvgIpc) is 2.75. The molecular formula is C15H30N2. The van der Waals surface area contributed by atoms with Gasteiger partial charge >= 0.3 is 0 Å². The lowest BCUT2D eigenvalue weighted by Crippen LogP contribution is -2.47. The third-order valence-corrected chi connectivity index (χ3v) is 4.89. The molecule has 2 fully saturated rings. The second-order valence-electron chi connectivity index (χ2n) is 6.80. The first-order valence-electron chi connectivity index (χ1n) is 7.56. The molecule has 1 saturated carbocycles. The van der Waals surface area contributed by atoms with Crippen molar-refractivity contribution < 1.29 is 0 Å². The van der Waals surface area contributed by atoms with Crippen molar-refractivity contribution in [1.29, 1.82) is 0 Å². The van der Waals surface area contributed by atoms with Crippen molar-refractivity contribution in [2.45, 2.75) is 71.4 Å². The monoisotopic (exact) mass is 238 g/mol. The van der Waals surface area contributed by atoms with Crippen molar-refractivity contribution >= 4 is 0 Å². The summed E-state index contributed by atoms with van der Waals surface area (Å²) in [6.07, 6.45) is 8.45. The number of nitrogens with zero attached hydrogens (tertiary/aromatic N) is 1. The standard InChI is InChI=1S/C15H30N2/c1-13(2)17-10-6-14(7-11-17)16-12-15(3)8-4-5-9-15/h13-14,16H,4-12H2,1-3H3. The van der Waals surface area contributed by atoms with Crippen LogP contribution in [0.3, 0.4) is 0 Å². The average molecular weight is 238 g/mol. The van der Waals surface area contributed by atoms with Gasteiger partial charge in [-0.2, -0.15) is 0 Å². The van der Waals surface area contributed by atoms with Gasteiger partial charge in [-0.25, -0.2) is 0 Å². The van der Waals surface area contributed by atoms with Gasteiger partial charge in [-0.3, -0.25) is 0 Å². The topological polar surface area (TPSA) is 15.3 Å². The maximum Gasteiger partial charge on any atom is 0.00916 e. The number of hydrogen-bond donors (Lipinski definition) is 1. The highest BCUT2D eigenvalue weighted by atomic mass is 15.2. The molecule has 0 aromatic carbocycles. The van der Waals surface area contributed by atoms with E-state index in [1.54, 1.807) is 0 Å². The molecular weight excluding hydrogens is 208 g/mol. The number of rotatable bonds is 4. The summed E-state index contributed by atoms with van der Waals surface area (Å²) in [5, 5.41) is 3.84. The quantitative estimate of drug-likeness (QED) is 0.810. The van der Waals surface area contributed by atoms with E-state index in [1.807, 2.05) is 0 Å². The molecule has 0 radical (unpaired) electrons. The molecule has 2 rings (SSSR count). The first-order valence-corrected chi connectivity index (χ1v) is 7.56. The fourth-order valence-corrected chi connectivity index (χ4v) is 3.42. The Bertz CT molecular complexity index is 223. The van der Waals surface area contributed by atoms with Crippen LogP contribution >= 0.6 is 0 Å². The van der Waals surface area contributed by atoms with Crippen molar-refractivity contribution in [1.82, 2.24) is 10.2 Å². The normalized spacial score (nSPS) is 26.8. The molecule has 2 aliphatic rings. The predicted octanol–water partition coefficient (Wildman–Crippen LogP) is 3.03. The van der Waals surface area contributed by atoms with Crippen LogP contribution in [0.4, 0.5) is 0 Å². The lowest BCUT2D eigenvalue weighted by Gasteiger charge is -2.36. The Kier molecular flexibility index (Phi) is 4.48. The van der Waals surface area contributed by atoms with E-state index in [0.29, 0.717) is 5.41 Å². The van der Waals surface area contributed by atoms with Gasteiger partial charge in [-0.1, -0.05) is 19.8 Å². The van der Waals surface area contributed by atoms with Crippen LogP contribution in [-0.4, -0.2) is 36.6 Å². The highest BCUT2D eigenvalue weighted by molar-refractivity contribution is 4.86. The largest absolute Gasteiger partial charge is 0.313 e. The lowest BCUT2D eigenvalue weighted by molar-refractivity contribution is 0.154. The Labute approximate surface area is 107 Å². The molecule has 0 aromatic heterocycles. The number of nitrogens with one attached hydrogen (secondary N) is 1. The van der Waals surface area contributed by atoms with Gasteiger partial charge in [-0.15, -0.1) is 0 Å². The molecule has 1 N–H and O–H groups in total. The summed E-state index contributed by atoms with van der Waals surface area (Å²) in [7, 11) is 0. The molecule has 1 aliphatic heterocycles. The third-order valence-electron chi connectivity index (χ3n) is 4.89. The van der Waals surface area contributed by atoms with Gasteiger partial charge in [0.2, 0.25) is 0 Å². The Hall–Kier alpha value is -0.0800. The van der Waals surface area contributed by atoms with E-state index in [9.17, 15) is 0 Å². The van der Waals surface area contributed by atoms with Crippen LogP contribution in [-0.2, 0) is 0 Å². The van der Waals surface area contributed by atoms with Gasteiger partial charge in [0.25, 0.3) is 0 Å². The van der Waals surface area contributed by atoms with Crippen molar-refractivity contribution in [3.05, 3.63) is 0 Å². The van der Waals surface area contributed by atoms with E-state index in [2.05, 4.69) is 31.0 Å². The zero-order valence-electron chi connectivity index (χ0n) is 12.0. The molecule has 0 atom stereocenters. The SMILES string of the molecule is CC(C)N1CCC(NCC2(C)CCCC2)CC1. The summed E-state index contributed by atoms with van der Waals surface area (Å²) in [5.41, 5.74) is 0.606. The molecule has 0 bridgehead atoms. The number of likely N-dealkylation sites (tertiary alicyclic amines) is 1. The second kappa shape index (κ2) is 5.71. The lowest BCUT2D eigenvalue weighted by atomic mass is 9.88. The molecule has 0 aromatic rings. The van der Waals surface area contributed by atoms with Gasteiger partial charge in [-0.05, 0) is 58.0 Å². The fourth-order valence-electron chi connectivity index (χ4n) is 3.42. The summed E-state index contributed by atoms with van der Waals surface area (Å²) >= 11 is 0. The highest BCUT2D eigenvalue weighted by Crippen LogP contribution is 2.36. The van der Waals surface area contributed by atoms with E-state index >= 15 is 0 Å². The smallest absolute Gasteiger partial charge is 0.00916 e. The fraction of sp³-hybridized carbons (Fsp3) is 1.00. The van der Waals surface area contributed by atoms with Crippen LogP contribution in [0.5, 0.6) is 0 Å². The van der Waals surface area contributed by atoms with Crippen LogP contribution in [0.15, 0.2) is 0 Å². The predicted molar refractivity (Wildman–Crippen MR) is 74.3 cm³/mol. The second-order valence-corrected chi connectivity index (χ2v) is 6.80. The molecule has 0 spiro atoms. The maximum atomic E-state index is 3.84. The molecule has 2 nitrogen and oxygen atoms in total. The molecule has 1 heterocycles. The van der Waals surface area contributed by atoms with Crippen molar-refractivity contribution in [2.75, 3.05) is 19.6 Å². The number of hydrogen-bond acceptors (Lipinski definition) is 2. The minimum absolute atomic E-state index is 0.606. The van der Waals surface area contributed by atoms with Gasteiger partial charge in [0.05, 0.1) is 0 Å². The molecule has 17 heavy (non-hydrogen) atoms. The van der Waals surface area contributed by atoms with Crippen molar-refractivity contribution in [2.24, 2.45) is 5.41 Å². The molecule has 100 valence electrons. The highest BCUT2D eigenvalue weighted by Gasteiger charge is 2.29. The van der Waals surface area contributed by atoms with Crippen LogP contribution in [0.25, 0.3) is 0 Å². The van der Waals surface area contributed by atoms with Gasteiger partial charge in [0.15, 0.2) is 0 Å². The van der Waals surface area contributed by atoms with E-state index < -0.39 is 0 Å². The third kappa shape index (κ3) is 3.69.